The van der Waals surface area contributed by atoms with Crippen LogP contribution in [0.4, 0.5) is 5.13 Å². The summed E-state index contributed by atoms with van der Waals surface area (Å²) in [6.07, 6.45) is 2.62. The van der Waals surface area contributed by atoms with Gasteiger partial charge in [0.25, 0.3) is 0 Å². The molecule has 0 aromatic carbocycles. The van der Waals surface area contributed by atoms with Crippen LogP contribution in [-0.2, 0) is 13.0 Å². The van der Waals surface area contributed by atoms with Crippen molar-refractivity contribution in [3.63, 3.8) is 0 Å². The van der Waals surface area contributed by atoms with Crippen LogP contribution in [-0.4, -0.2) is 10.1 Å². The van der Waals surface area contributed by atoms with Crippen molar-refractivity contribution in [2.24, 2.45) is 0 Å². The maximum absolute atomic E-state index is 4.85. The Morgan fingerprint density at radius 3 is 3.00 bits per heavy atom. The van der Waals surface area contributed by atoms with E-state index in [0.717, 1.165) is 28.5 Å². The molecule has 5 heteroatoms. The quantitative estimate of drug-likeness (QED) is 0.865. The van der Waals surface area contributed by atoms with Gasteiger partial charge >= 0.3 is 0 Å². The van der Waals surface area contributed by atoms with Crippen LogP contribution in [0.5, 0.6) is 0 Å². The molecule has 0 aliphatic rings. The van der Waals surface area contributed by atoms with Crippen LogP contribution in [0.15, 0.2) is 16.2 Å². The standard InChI is InChI=1S/C10H13N3OS/c1-3-8-6-15-10(12-8)11-4-9-7(2)5-14-13-9/h5-6H,3-4H2,1-2H3,(H,11,12). The molecular formula is C10H13N3OS. The molecule has 0 amide bonds. The molecule has 2 aromatic heterocycles. The van der Waals surface area contributed by atoms with Crippen molar-refractivity contribution in [1.29, 1.82) is 0 Å². The van der Waals surface area contributed by atoms with Crippen molar-refractivity contribution >= 4 is 16.5 Å². The molecule has 0 saturated carbocycles. The monoisotopic (exact) mass is 223 g/mol. The molecule has 0 saturated heterocycles. The highest BCUT2D eigenvalue weighted by Gasteiger charge is 2.04. The summed E-state index contributed by atoms with van der Waals surface area (Å²) in [6.45, 7) is 4.74. The van der Waals surface area contributed by atoms with E-state index >= 15 is 0 Å². The highest BCUT2D eigenvalue weighted by molar-refractivity contribution is 7.13. The first-order valence-corrected chi connectivity index (χ1v) is 5.75. The Labute approximate surface area is 92.3 Å². The molecule has 2 heterocycles. The lowest BCUT2D eigenvalue weighted by Gasteiger charge is -1.98. The van der Waals surface area contributed by atoms with Crippen LogP contribution in [0.2, 0.25) is 0 Å². The van der Waals surface area contributed by atoms with Crippen molar-refractivity contribution in [1.82, 2.24) is 10.1 Å². The maximum Gasteiger partial charge on any atom is 0.183 e. The number of nitrogens with one attached hydrogen (secondary N) is 1. The zero-order chi connectivity index (χ0) is 10.7. The molecule has 1 N–H and O–H groups in total. The van der Waals surface area contributed by atoms with Crippen molar-refractivity contribution in [3.8, 4) is 0 Å². The molecule has 0 radical (unpaired) electrons. The Morgan fingerprint density at radius 1 is 1.53 bits per heavy atom. The number of aromatic nitrogens is 2. The van der Waals surface area contributed by atoms with Gasteiger partial charge in [-0.15, -0.1) is 11.3 Å². The van der Waals surface area contributed by atoms with Crippen LogP contribution in [0, 0.1) is 6.92 Å². The smallest absolute Gasteiger partial charge is 0.183 e. The average molecular weight is 223 g/mol. The highest BCUT2D eigenvalue weighted by Crippen LogP contribution is 2.17. The fraction of sp³-hybridized carbons (Fsp3) is 0.400. The Morgan fingerprint density at radius 2 is 2.40 bits per heavy atom. The molecule has 0 bridgehead atoms. The molecular weight excluding hydrogens is 210 g/mol. The summed E-state index contributed by atoms with van der Waals surface area (Å²) in [5.41, 5.74) is 3.12. The predicted octanol–water partition coefficient (Wildman–Crippen LogP) is 2.61. The van der Waals surface area contributed by atoms with Gasteiger partial charge in [0.1, 0.15) is 12.0 Å². The van der Waals surface area contributed by atoms with Crippen molar-refractivity contribution in [2.75, 3.05) is 5.32 Å². The van der Waals surface area contributed by atoms with E-state index in [4.69, 9.17) is 4.52 Å². The summed E-state index contributed by atoms with van der Waals surface area (Å²) in [4.78, 5) is 4.41. The van der Waals surface area contributed by atoms with Gasteiger partial charge in [-0.05, 0) is 13.3 Å². The van der Waals surface area contributed by atoms with Gasteiger partial charge in [-0.1, -0.05) is 12.1 Å². The topological polar surface area (TPSA) is 51.0 Å². The van der Waals surface area contributed by atoms with Crippen molar-refractivity contribution < 1.29 is 4.52 Å². The molecule has 0 aliphatic heterocycles. The molecule has 2 rings (SSSR count). The minimum absolute atomic E-state index is 0.666. The SMILES string of the molecule is CCc1csc(NCc2nocc2C)n1. The van der Waals surface area contributed by atoms with Crippen LogP contribution in [0.25, 0.3) is 0 Å². The van der Waals surface area contributed by atoms with Crippen molar-refractivity contribution in [2.45, 2.75) is 26.8 Å². The third-order valence-electron chi connectivity index (χ3n) is 2.17. The lowest BCUT2D eigenvalue weighted by atomic mass is 10.3. The second-order valence-corrected chi connectivity index (χ2v) is 4.15. The zero-order valence-electron chi connectivity index (χ0n) is 8.78. The van der Waals surface area contributed by atoms with E-state index in [2.05, 4.69) is 27.8 Å². The van der Waals surface area contributed by atoms with E-state index in [0.29, 0.717) is 6.54 Å². The predicted molar refractivity (Wildman–Crippen MR) is 60.1 cm³/mol. The third kappa shape index (κ3) is 2.36. The van der Waals surface area contributed by atoms with Crippen LogP contribution >= 0.6 is 11.3 Å². The summed E-state index contributed by atoms with van der Waals surface area (Å²) in [7, 11) is 0. The summed E-state index contributed by atoms with van der Waals surface area (Å²) in [6, 6.07) is 0. The van der Waals surface area contributed by atoms with Crippen LogP contribution in [0.1, 0.15) is 23.9 Å². The molecule has 0 atom stereocenters. The number of hydrogen-bond acceptors (Lipinski definition) is 5. The second-order valence-electron chi connectivity index (χ2n) is 3.30. The van der Waals surface area contributed by atoms with Gasteiger partial charge in [-0.2, -0.15) is 0 Å². The van der Waals surface area contributed by atoms with Gasteiger partial charge in [-0.25, -0.2) is 4.98 Å². The number of rotatable bonds is 4. The Hall–Kier alpha value is -1.36. The number of anilines is 1. The number of hydrogen-bond donors (Lipinski definition) is 1. The van der Waals surface area contributed by atoms with Gasteiger partial charge in [-0.3, -0.25) is 0 Å². The van der Waals surface area contributed by atoms with Crippen molar-refractivity contribution in [3.05, 3.63) is 28.6 Å². The van der Waals surface area contributed by atoms with Crippen LogP contribution < -0.4 is 5.32 Å². The van der Waals surface area contributed by atoms with E-state index in [9.17, 15) is 0 Å². The molecule has 0 unspecified atom stereocenters. The average Bonchev–Trinajstić information content (AvgIpc) is 2.84. The maximum atomic E-state index is 4.85. The molecule has 80 valence electrons. The molecule has 0 spiro atoms. The van der Waals surface area contributed by atoms with Gasteiger partial charge in [0.15, 0.2) is 5.13 Å². The Balaban J connectivity index is 1.96. The molecule has 0 fully saturated rings. The summed E-state index contributed by atoms with van der Waals surface area (Å²) >= 11 is 1.62. The zero-order valence-corrected chi connectivity index (χ0v) is 9.60. The summed E-state index contributed by atoms with van der Waals surface area (Å²) < 4.78 is 4.85. The molecule has 2 aromatic rings. The summed E-state index contributed by atoms with van der Waals surface area (Å²) in [5.74, 6) is 0. The first-order chi connectivity index (χ1) is 7.29. The first kappa shape index (κ1) is 10.2. The highest BCUT2D eigenvalue weighted by atomic mass is 32.1. The van der Waals surface area contributed by atoms with Crippen LogP contribution in [0.3, 0.4) is 0 Å². The third-order valence-corrected chi connectivity index (χ3v) is 3.02. The fourth-order valence-corrected chi connectivity index (χ4v) is 1.98. The van der Waals surface area contributed by atoms with E-state index in [1.165, 1.54) is 0 Å². The number of nitrogens with zero attached hydrogens (tertiary/aromatic N) is 2. The lowest BCUT2D eigenvalue weighted by Crippen LogP contribution is -2.00. The fourth-order valence-electron chi connectivity index (χ4n) is 1.19. The second kappa shape index (κ2) is 4.44. The Kier molecular flexibility index (Phi) is 3.01. The van der Waals surface area contributed by atoms with E-state index < -0.39 is 0 Å². The number of thiazole rings is 1. The first-order valence-electron chi connectivity index (χ1n) is 4.87. The molecule has 15 heavy (non-hydrogen) atoms. The largest absolute Gasteiger partial charge is 0.364 e. The molecule has 0 aliphatic carbocycles. The minimum atomic E-state index is 0.666. The minimum Gasteiger partial charge on any atom is -0.364 e. The molecule has 4 nitrogen and oxygen atoms in total. The summed E-state index contributed by atoms with van der Waals surface area (Å²) in [5, 5.41) is 10.1. The number of aryl methyl sites for hydroxylation is 2. The Bertz CT molecular complexity index is 435. The van der Waals surface area contributed by atoms with E-state index in [1.54, 1.807) is 17.6 Å². The lowest BCUT2D eigenvalue weighted by molar-refractivity contribution is 0.412. The van der Waals surface area contributed by atoms with Gasteiger partial charge in [0, 0.05) is 10.9 Å². The van der Waals surface area contributed by atoms with Gasteiger partial charge < -0.3 is 9.84 Å². The van der Waals surface area contributed by atoms with Gasteiger partial charge in [0.2, 0.25) is 0 Å². The van der Waals surface area contributed by atoms with E-state index in [1.807, 2.05) is 6.92 Å². The van der Waals surface area contributed by atoms with Gasteiger partial charge in [0.05, 0.1) is 12.2 Å². The van der Waals surface area contributed by atoms with E-state index in [-0.39, 0.29) is 0 Å². The normalized spacial score (nSPS) is 10.5.